The summed E-state index contributed by atoms with van der Waals surface area (Å²) >= 11 is 0. The van der Waals surface area contributed by atoms with Crippen molar-refractivity contribution in [1.82, 2.24) is 10.2 Å². The van der Waals surface area contributed by atoms with Gasteiger partial charge in [0.2, 0.25) is 0 Å². The second-order valence-corrected chi connectivity index (χ2v) is 7.08. The number of hydrogen-bond acceptors (Lipinski definition) is 4. The summed E-state index contributed by atoms with van der Waals surface area (Å²) in [5, 5.41) is 3.46. The van der Waals surface area contributed by atoms with Crippen LogP contribution >= 0.6 is 0 Å². The molecule has 0 amide bonds. The van der Waals surface area contributed by atoms with Gasteiger partial charge in [-0.05, 0) is 64.5 Å². The molecule has 3 atom stereocenters. The van der Waals surface area contributed by atoms with E-state index in [0.29, 0.717) is 6.04 Å². The number of rotatable bonds is 9. The lowest BCUT2D eigenvalue weighted by Gasteiger charge is -2.29. The second-order valence-electron chi connectivity index (χ2n) is 7.08. The molecule has 0 bridgehead atoms. The fourth-order valence-corrected chi connectivity index (χ4v) is 2.98. The molecule has 2 rings (SSSR count). The van der Waals surface area contributed by atoms with Crippen LogP contribution in [-0.2, 0) is 9.53 Å². The molecule has 0 heterocycles. The highest BCUT2D eigenvalue weighted by Gasteiger charge is 2.39. The quantitative estimate of drug-likeness (QED) is 0.657. The van der Waals surface area contributed by atoms with Crippen LogP contribution in [0.25, 0.3) is 0 Å². The van der Waals surface area contributed by atoms with E-state index in [-0.39, 0.29) is 5.97 Å². The Morgan fingerprint density at radius 2 is 2.10 bits per heavy atom. The molecule has 116 valence electrons. The van der Waals surface area contributed by atoms with Crippen LogP contribution in [0.2, 0.25) is 0 Å². The van der Waals surface area contributed by atoms with Crippen molar-refractivity contribution in [1.29, 1.82) is 0 Å². The van der Waals surface area contributed by atoms with E-state index in [1.807, 2.05) is 6.92 Å². The third-order valence-corrected chi connectivity index (χ3v) is 4.77. The first kappa shape index (κ1) is 15.8. The number of methoxy groups -OCH3 is 1. The average Bonchev–Trinajstić information content (AvgIpc) is 3.30. The first-order chi connectivity index (χ1) is 9.44. The summed E-state index contributed by atoms with van der Waals surface area (Å²) in [6, 6.07) is 0.518. The largest absolute Gasteiger partial charge is 0.468 e. The molecule has 0 aromatic heterocycles. The van der Waals surface area contributed by atoms with Gasteiger partial charge in [-0.3, -0.25) is 10.1 Å². The molecule has 0 aliphatic heterocycles. The van der Waals surface area contributed by atoms with Crippen molar-refractivity contribution in [2.45, 2.75) is 57.5 Å². The lowest BCUT2D eigenvalue weighted by Crippen LogP contribution is -2.51. The fraction of sp³-hybridized carbons (Fsp3) is 0.938. The average molecular weight is 282 g/mol. The lowest BCUT2D eigenvalue weighted by atomic mass is 9.95. The molecule has 2 aliphatic rings. The minimum Gasteiger partial charge on any atom is -0.468 e. The van der Waals surface area contributed by atoms with Gasteiger partial charge in [-0.25, -0.2) is 0 Å². The van der Waals surface area contributed by atoms with Gasteiger partial charge in [-0.1, -0.05) is 6.92 Å². The standard InChI is InChI=1S/C16H30N2O2/c1-12-10-13(12)11-18(3)9-5-8-16(2,15(19)20-4)17-14-6-7-14/h12-14,17H,5-11H2,1-4H3. The zero-order valence-corrected chi connectivity index (χ0v) is 13.4. The van der Waals surface area contributed by atoms with Gasteiger partial charge in [0, 0.05) is 12.6 Å². The molecule has 3 unspecified atom stereocenters. The normalized spacial score (nSPS) is 28.2. The maximum Gasteiger partial charge on any atom is 0.325 e. The molecular weight excluding hydrogens is 252 g/mol. The Morgan fingerprint density at radius 3 is 2.60 bits per heavy atom. The number of carbonyl (C=O) groups excluding carboxylic acids is 1. The zero-order valence-electron chi connectivity index (χ0n) is 13.4. The topological polar surface area (TPSA) is 41.6 Å². The van der Waals surface area contributed by atoms with E-state index in [1.165, 1.54) is 32.9 Å². The molecule has 0 saturated heterocycles. The van der Waals surface area contributed by atoms with E-state index in [1.54, 1.807) is 0 Å². The van der Waals surface area contributed by atoms with E-state index in [9.17, 15) is 4.79 Å². The van der Waals surface area contributed by atoms with Crippen LogP contribution in [0.4, 0.5) is 0 Å². The molecule has 0 aromatic carbocycles. The highest BCUT2D eigenvalue weighted by molar-refractivity contribution is 5.80. The van der Waals surface area contributed by atoms with Gasteiger partial charge in [0.25, 0.3) is 0 Å². The number of nitrogens with one attached hydrogen (secondary N) is 1. The maximum absolute atomic E-state index is 12.0. The predicted molar refractivity (Wildman–Crippen MR) is 80.6 cm³/mol. The Labute approximate surface area is 123 Å². The summed E-state index contributed by atoms with van der Waals surface area (Å²) in [6.07, 6.45) is 5.63. The van der Waals surface area contributed by atoms with Crippen LogP contribution in [0.5, 0.6) is 0 Å². The Hall–Kier alpha value is -0.610. The van der Waals surface area contributed by atoms with Crippen LogP contribution < -0.4 is 5.32 Å². The van der Waals surface area contributed by atoms with Gasteiger partial charge < -0.3 is 9.64 Å². The van der Waals surface area contributed by atoms with Crippen molar-refractivity contribution in [2.75, 3.05) is 27.2 Å². The summed E-state index contributed by atoms with van der Waals surface area (Å²) in [5.74, 6) is 1.69. The molecule has 2 saturated carbocycles. The SMILES string of the molecule is COC(=O)C(C)(CCCN(C)CC1CC1C)NC1CC1. The van der Waals surface area contributed by atoms with Gasteiger partial charge in [-0.15, -0.1) is 0 Å². The van der Waals surface area contributed by atoms with Crippen molar-refractivity contribution < 1.29 is 9.53 Å². The maximum atomic E-state index is 12.0. The van der Waals surface area contributed by atoms with Crippen LogP contribution in [0.1, 0.15) is 46.0 Å². The van der Waals surface area contributed by atoms with Crippen LogP contribution in [0, 0.1) is 11.8 Å². The van der Waals surface area contributed by atoms with Crippen LogP contribution in [0.15, 0.2) is 0 Å². The van der Waals surface area contributed by atoms with Gasteiger partial charge in [0.1, 0.15) is 5.54 Å². The summed E-state index contributed by atoms with van der Waals surface area (Å²) in [7, 11) is 3.67. The van der Waals surface area contributed by atoms with E-state index >= 15 is 0 Å². The number of ether oxygens (including phenoxy) is 1. The van der Waals surface area contributed by atoms with E-state index in [4.69, 9.17) is 4.74 Å². The van der Waals surface area contributed by atoms with Crippen LogP contribution in [-0.4, -0.2) is 49.7 Å². The number of esters is 1. The van der Waals surface area contributed by atoms with Gasteiger partial charge in [-0.2, -0.15) is 0 Å². The Bertz CT molecular complexity index is 343. The van der Waals surface area contributed by atoms with Gasteiger partial charge >= 0.3 is 5.97 Å². The smallest absolute Gasteiger partial charge is 0.325 e. The summed E-state index contributed by atoms with van der Waals surface area (Å²) < 4.78 is 4.98. The number of nitrogens with zero attached hydrogens (tertiary/aromatic N) is 1. The molecule has 1 N–H and O–H groups in total. The Kier molecular flexibility index (Phi) is 5.08. The number of hydrogen-bond donors (Lipinski definition) is 1. The van der Waals surface area contributed by atoms with Crippen LogP contribution in [0.3, 0.4) is 0 Å². The molecule has 20 heavy (non-hydrogen) atoms. The summed E-state index contributed by atoms with van der Waals surface area (Å²) in [4.78, 5) is 14.4. The number of carbonyl (C=O) groups is 1. The summed E-state index contributed by atoms with van der Waals surface area (Å²) in [6.45, 7) is 6.57. The third kappa shape index (κ3) is 4.45. The van der Waals surface area contributed by atoms with E-state index in [0.717, 1.165) is 31.2 Å². The van der Waals surface area contributed by atoms with Crippen molar-refractivity contribution in [3.8, 4) is 0 Å². The van der Waals surface area contributed by atoms with Crippen molar-refractivity contribution in [3.63, 3.8) is 0 Å². The molecule has 0 spiro atoms. The first-order valence-corrected chi connectivity index (χ1v) is 7.99. The van der Waals surface area contributed by atoms with Crippen molar-refractivity contribution in [2.24, 2.45) is 11.8 Å². The lowest BCUT2D eigenvalue weighted by molar-refractivity contribution is -0.148. The molecule has 0 radical (unpaired) electrons. The molecule has 2 aliphatic carbocycles. The van der Waals surface area contributed by atoms with Gasteiger partial charge in [0.05, 0.1) is 7.11 Å². The van der Waals surface area contributed by atoms with Crippen molar-refractivity contribution in [3.05, 3.63) is 0 Å². The monoisotopic (exact) mass is 282 g/mol. The van der Waals surface area contributed by atoms with Gasteiger partial charge in [0.15, 0.2) is 0 Å². The molecule has 2 fully saturated rings. The first-order valence-electron chi connectivity index (χ1n) is 7.99. The zero-order chi connectivity index (χ0) is 14.8. The third-order valence-electron chi connectivity index (χ3n) is 4.77. The van der Waals surface area contributed by atoms with E-state index in [2.05, 4.69) is 24.2 Å². The highest BCUT2D eigenvalue weighted by atomic mass is 16.5. The highest BCUT2D eigenvalue weighted by Crippen LogP contribution is 2.38. The minimum atomic E-state index is -0.510. The second kappa shape index (κ2) is 6.44. The van der Waals surface area contributed by atoms with Crippen molar-refractivity contribution >= 4 is 5.97 Å². The van der Waals surface area contributed by atoms with E-state index < -0.39 is 5.54 Å². The fourth-order valence-electron chi connectivity index (χ4n) is 2.98. The molecule has 0 aromatic rings. The molecule has 4 heteroatoms. The predicted octanol–water partition coefficient (Wildman–Crippen LogP) is 2.04. The molecule has 4 nitrogen and oxygen atoms in total. The molecular formula is C16H30N2O2. The summed E-state index contributed by atoms with van der Waals surface area (Å²) in [5.41, 5.74) is -0.510. The minimum absolute atomic E-state index is 0.122. The Morgan fingerprint density at radius 1 is 1.45 bits per heavy atom. The Balaban J connectivity index is 1.71.